The van der Waals surface area contributed by atoms with Gasteiger partial charge < -0.3 is 9.67 Å². The van der Waals surface area contributed by atoms with Crippen LogP contribution >= 0.6 is 11.6 Å². The van der Waals surface area contributed by atoms with Crippen molar-refractivity contribution in [1.29, 1.82) is 0 Å². The van der Waals surface area contributed by atoms with Crippen LogP contribution < -0.4 is 0 Å². The molecule has 1 N–H and O–H groups in total. The second kappa shape index (κ2) is 7.61. The summed E-state index contributed by atoms with van der Waals surface area (Å²) >= 11 is 6.07. The second-order valence-electron chi connectivity index (χ2n) is 6.95. The van der Waals surface area contributed by atoms with Crippen molar-refractivity contribution < 1.29 is 5.11 Å². The van der Waals surface area contributed by atoms with Crippen LogP contribution in [0.25, 0.3) is 21.8 Å². The predicted octanol–water partition coefficient (Wildman–Crippen LogP) is 7.01. The van der Waals surface area contributed by atoms with E-state index >= 15 is 0 Å². The topological polar surface area (TPSA) is 62.8 Å². The van der Waals surface area contributed by atoms with Crippen molar-refractivity contribution in [3.63, 3.8) is 0 Å². The van der Waals surface area contributed by atoms with Gasteiger partial charge in [0.25, 0.3) is 0 Å². The number of halogens is 1. The third kappa shape index (κ3) is 3.29. The van der Waals surface area contributed by atoms with Crippen molar-refractivity contribution in [2.75, 3.05) is 0 Å². The lowest BCUT2D eigenvalue weighted by molar-refractivity contribution is 0.429. The summed E-state index contributed by atoms with van der Waals surface area (Å²) in [7, 11) is 0. The van der Waals surface area contributed by atoms with Gasteiger partial charge in [0.1, 0.15) is 0 Å². The van der Waals surface area contributed by atoms with Crippen LogP contribution in [0, 0.1) is 0 Å². The standard InChI is InChI=1S/C24H17ClN4O/c25-17-10-11-18-20(12-13-26-21(18)14-17)27-28-23-19-8-4-5-9-22(19)29(24(23)30)15-16-6-2-1-3-7-16/h1-14,30H,15H2. The molecular weight excluding hydrogens is 396 g/mol. The molecule has 2 heterocycles. The Kier molecular flexibility index (Phi) is 4.65. The monoisotopic (exact) mass is 412 g/mol. The molecule has 0 fully saturated rings. The molecule has 0 aliphatic rings. The quantitative estimate of drug-likeness (QED) is 0.322. The Morgan fingerprint density at radius 2 is 1.67 bits per heavy atom. The molecule has 146 valence electrons. The maximum absolute atomic E-state index is 11.0. The van der Waals surface area contributed by atoms with E-state index < -0.39 is 0 Å². The molecule has 0 unspecified atom stereocenters. The van der Waals surface area contributed by atoms with E-state index in [4.69, 9.17) is 11.6 Å². The average molecular weight is 413 g/mol. The molecule has 6 heteroatoms. The van der Waals surface area contributed by atoms with E-state index in [1.165, 1.54) is 0 Å². The largest absolute Gasteiger partial charge is 0.493 e. The summed E-state index contributed by atoms with van der Waals surface area (Å²) in [5.41, 5.74) is 3.85. The molecule has 5 nitrogen and oxygen atoms in total. The van der Waals surface area contributed by atoms with Crippen molar-refractivity contribution >= 4 is 44.8 Å². The van der Waals surface area contributed by atoms with Gasteiger partial charge in [-0.2, -0.15) is 0 Å². The molecule has 5 aromatic rings. The van der Waals surface area contributed by atoms with E-state index in [0.717, 1.165) is 27.4 Å². The number of azo groups is 1. The molecule has 0 amide bonds. The summed E-state index contributed by atoms with van der Waals surface area (Å²) in [6, 6.07) is 25.1. The van der Waals surface area contributed by atoms with E-state index in [1.54, 1.807) is 24.4 Å². The Hall–Kier alpha value is -3.70. The Morgan fingerprint density at radius 3 is 2.53 bits per heavy atom. The number of aromatic nitrogens is 2. The Labute approximate surface area is 177 Å². The normalized spacial score (nSPS) is 11.6. The average Bonchev–Trinajstić information content (AvgIpc) is 3.04. The number of hydrogen-bond acceptors (Lipinski definition) is 4. The van der Waals surface area contributed by atoms with Gasteiger partial charge in [-0.25, -0.2) is 0 Å². The molecule has 2 aromatic heterocycles. The Bertz CT molecular complexity index is 1390. The van der Waals surface area contributed by atoms with Crippen molar-refractivity contribution in [2.45, 2.75) is 6.54 Å². The molecule has 0 saturated carbocycles. The van der Waals surface area contributed by atoms with E-state index in [0.29, 0.717) is 22.9 Å². The van der Waals surface area contributed by atoms with Crippen molar-refractivity contribution in [3.05, 3.63) is 95.6 Å². The fourth-order valence-electron chi connectivity index (χ4n) is 3.59. The van der Waals surface area contributed by atoms with Gasteiger partial charge in [-0.05, 0) is 35.9 Å². The molecule has 3 aromatic carbocycles. The fraction of sp³-hybridized carbons (Fsp3) is 0.0417. The minimum atomic E-state index is 0.0882. The maximum Gasteiger partial charge on any atom is 0.221 e. The number of benzene rings is 3. The third-order valence-corrected chi connectivity index (χ3v) is 5.28. The first-order chi connectivity index (χ1) is 14.7. The lowest BCUT2D eigenvalue weighted by atomic mass is 10.2. The van der Waals surface area contributed by atoms with Crippen LogP contribution in [0.1, 0.15) is 5.56 Å². The van der Waals surface area contributed by atoms with Crippen LogP contribution in [0.2, 0.25) is 5.02 Å². The van der Waals surface area contributed by atoms with Gasteiger partial charge in [-0.1, -0.05) is 60.1 Å². The van der Waals surface area contributed by atoms with Gasteiger partial charge in [0.05, 0.1) is 23.3 Å². The number of pyridine rings is 1. The number of aromatic hydroxyl groups is 1. The Balaban J connectivity index is 1.61. The van der Waals surface area contributed by atoms with Crippen LogP contribution in [0.5, 0.6) is 5.88 Å². The second-order valence-corrected chi connectivity index (χ2v) is 7.39. The molecule has 30 heavy (non-hydrogen) atoms. The summed E-state index contributed by atoms with van der Waals surface area (Å²) in [5, 5.41) is 22.2. The highest BCUT2D eigenvalue weighted by Gasteiger charge is 2.16. The highest BCUT2D eigenvalue weighted by molar-refractivity contribution is 6.31. The van der Waals surface area contributed by atoms with Gasteiger partial charge in [-0.15, -0.1) is 10.2 Å². The van der Waals surface area contributed by atoms with E-state index in [9.17, 15) is 5.11 Å². The highest BCUT2D eigenvalue weighted by atomic mass is 35.5. The van der Waals surface area contributed by atoms with Crippen LogP contribution in [-0.4, -0.2) is 14.7 Å². The van der Waals surface area contributed by atoms with Crippen molar-refractivity contribution in [3.8, 4) is 5.88 Å². The molecule has 0 saturated heterocycles. The summed E-state index contributed by atoms with van der Waals surface area (Å²) in [5.74, 6) is 0.0882. The minimum Gasteiger partial charge on any atom is -0.493 e. The number of fused-ring (bicyclic) bond motifs is 2. The molecule has 0 atom stereocenters. The molecule has 0 spiro atoms. The number of nitrogens with zero attached hydrogens (tertiary/aromatic N) is 4. The number of rotatable bonds is 4. The molecule has 0 bridgehead atoms. The maximum atomic E-state index is 11.0. The summed E-state index contributed by atoms with van der Waals surface area (Å²) in [6.07, 6.45) is 1.67. The number of hydrogen-bond donors (Lipinski definition) is 1. The van der Waals surface area contributed by atoms with Crippen molar-refractivity contribution in [2.24, 2.45) is 10.2 Å². The molecule has 5 rings (SSSR count). The minimum absolute atomic E-state index is 0.0882. The predicted molar refractivity (Wildman–Crippen MR) is 120 cm³/mol. The first-order valence-electron chi connectivity index (χ1n) is 9.51. The lowest BCUT2D eigenvalue weighted by Crippen LogP contribution is -1.98. The van der Waals surface area contributed by atoms with Gasteiger partial charge in [0.2, 0.25) is 5.88 Å². The van der Waals surface area contributed by atoms with Crippen molar-refractivity contribution in [1.82, 2.24) is 9.55 Å². The zero-order valence-corrected chi connectivity index (χ0v) is 16.7. The highest BCUT2D eigenvalue weighted by Crippen LogP contribution is 2.40. The van der Waals surface area contributed by atoms with Crippen LogP contribution in [0.3, 0.4) is 0 Å². The molecule has 0 aliphatic carbocycles. The van der Waals surface area contributed by atoms with Crippen LogP contribution in [-0.2, 0) is 6.54 Å². The lowest BCUT2D eigenvalue weighted by Gasteiger charge is -2.06. The third-order valence-electron chi connectivity index (χ3n) is 5.04. The zero-order valence-electron chi connectivity index (χ0n) is 15.9. The first kappa shape index (κ1) is 18.3. The summed E-state index contributed by atoms with van der Waals surface area (Å²) in [6.45, 7) is 0.541. The van der Waals surface area contributed by atoms with E-state index in [2.05, 4.69) is 15.2 Å². The van der Waals surface area contributed by atoms with Gasteiger partial charge in [0, 0.05) is 22.0 Å². The smallest absolute Gasteiger partial charge is 0.221 e. The first-order valence-corrected chi connectivity index (χ1v) is 9.88. The molecule has 0 radical (unpaired) electrons. The van der Waals surface area contributed by atoms with E-state index in [1.807, 2.05) is 65.2 Å². The van der Waals surface area contributed by atoms with Crippen LogP contribution in [0.15, 0.2) is 95.3 Å². The summed E-state index contributed by atoms with van der Waals surface area (Å²) in [4.78, 5) is 4.34. The molecular formula is C24H17ClN4O. The summed E-state index contributed by atoms with van der Waals surface area (Å²) < 4.78 is 1.85. The van der Waals surface area contributed by atoms with Gasteiger partial charge >= 0.3 is 0 Å². The zero-order chi connectivity index (χ0) is 20.5. The molecule has 0 aliphatic heterocycles. The number of para-hydroxylation sites is 1. The van der Waals surface area contributed by atoms with E-state index in [-0.39, 0.29) is 5.88 Å². The van der Waals surface area contributed by atoms with Crippen LogP contribution in [0.4, 0.5) is 11.4 Å². The SMILES string of the molecule is Oc1c(N=Nc2ccnc3cc(Cl)ccc23)c2ccccc2n1Cc1ccccc1. The fourth-order valence-corrected chi connectivity index (χ4v) is 3.76. The van der Waals surface area contributed by atoms with Gasteiger partial charge in [-0.3, -0.25) is 4.98 Å². The Morgan fingerprint density at radius 1 is 0.867 bits per heavy atom. The van der Waals surface area contributed by atoms with Gasteiger partial charge in [0.15, 0.2) is 5.69 Å².